The Morgan fingerprint density at radius 3 is 2.23 bits per heavy atom. The summed E-state index contributed by atoms with van der Waals surface area (Å²) in [4.78, 5) is 30.5. The molecule has 1 aromatic rings. The normalized spacial score (nSPS) is 18.9. The maximum atomic E-state index is 13.5. The molecule has 3 rings (SSSR count). The van der Waals surface area contributed by atoms with Crippen LogP contribution in [0, 0.1) is 12.7 Å². The van der Waals surface area contributed by atoms with Crippen LogP contribution in [0.1, 0.15) is 18.4 Å². The van der Waals surface area contributed by atoms with E-state index < -0.39 is 0 Å². The number of piperazine rings is 1. The Morgan fingerprint density at radius 1 is 1.00 bits per heavy atom. The molecule has 0 aromatic heterocycles. The summed E-state index contributed by atoms with van der Waals surface area (Å²) in [6, 6.07) is 4.70. The van der Waals surface area contributed by atoms with Crippen LogP contribution in [0.2, 0.25) is 0 Å². The molecule has 1 aromatic carbocycles. The third-order valence-corrected chi connectivity index (χ3v) is 5.11. The molecule has 0 spiro atoms. The monoisotopic (exact) mass is 362 g/mol. The second-order valence-electron chi connectivity index (χ2n) is 7.15. The summed E-state index contributed by atoms with van der Waals surface area (Å²) in [5.74, 6) is -0.246. The number of nitrogens with zero attached hydrogens (tertiary/aromatic N) is 3. The molecule has 6 nitrogen and oxygen atoms in total. The van der Waals surface area contributed by atoms with Crippen LogP contribution in [0.15, 0.2) is 18.2 Å². The highest BCUT2D eigenvalue weighted by molar-refractivity contribution is 5.92. The summed E-state index contributed by atoms with van der Waals surface area (Å²) in [6.45, 7) is 7.29. The van der Waals surface area contributed by atoms with E-state index in [4.69, 9.17) is 0 Å². The minimum Gasteiger partial charge on any atom is -0.342 e. The lowest BCUT2D eigenvalue weighted by Gasteiger charge is -2.34. The summed E-state index contributed by atoms with van der Waals surface area (Å²) in [7, 11) is 0. The smallest absolute Gasteiger partial charge is 0.238 e. The van der Waals surface area contributed by atoms with Gasteiger partial charge in [0.25, 0.3) is 0 Å². The number of benzene rings is 1. The van der Waals surface area contributed by atoms with Crippen molar-refractivity contribution < 1.29 is 14.0 Å². The zero-order valence-electron chi connectivity index (χ0n) is 15.3. The summed E-state index contributed by atoms with van der Waals surface area (Å²) in [5, 5.41) is 2.74. The van der Waals surface area contributed by atoms with Crippen molar-refractivity contribution in [3.8, 4) is 0 Å². The Kier molecular flexibility index (Phi) is 6.21. The molecule has 0 bridgehead atoms. The molecule has 1 N–H and O–H groups in total. The van der Waals surface area contributed by atoms with Gasteiger partial charge in [-0.15, -0.1) is 0 Å². The lowest BCUT2D eigenvalue weighted by molar-refractivity contribution is -0.132. The van der Waals surface area contributed by atoms with Crippen molar-refractivity contribution in [3.63, 3.8) is 0 Å². The van der Waals surface area contributed by atoms with Crippen LogP contribution >= 0.6 is 0 Å². The number of carbonyl (C=O) groups is 2. The topological polar surface area (TPSA) is 55.9 Å². The first-order chi connectivity index (χ1) is 12.5. The molecule has 2 heterocycles. The second kappa shape index (κ2) is 8.60. The molecule has 2 aliphatic rings. The number of halogens is 1. The van der Waals surface area contributed by atoms with Gasteiger partial charge in [0.2, 0.25) is 11.8 Å². The van der Waals surface area contributed by atoms with Gasteiger partial charge in [0.1, 0.15) is 5.82 Å². The molecular weight excluding hydrogens is 335 g/mol. The third-order valence-electron chi connectivity index (χ3n) is 5.11. The number of likely N-dealkylation sites (tertiary alicyclic amines) is 1. The third kappa shape index (κ3) is 5.02. The number of nitrogens with one attached hydrogen (secondary N) is 1. The molecule has 2 amide bonds. The highest BCUT2D eigenvalue weighted by Crippen LogP contribution is 2.14. The van der Waals surface area contributed by atoms with Gasteiger partial charge in [-0.1, -0.05) is 6.07 Å². The lowest BCUT2D eigenvalue weighted by atomic mass is 10.2. The standard InChI is InChI=1S/C19H27FN4O2/c1-15-4-5-16(12-17(15)20)21-18(25)13-22-8-10-23(11-9-22)14-19(26)24-6-2-3-7-24/h4-5,12H,2-3,6-11,13-14H2,1H3,(H,21,25). The van der Waals surface area contributed by atoms with Crippen molar-refractivity contribution >= 4 is 17.5 Å². The van der Waals surface area contributed by atoms with Gasteiger partial charge in [-0.05, 0) is 37.5 Å². The van der Waals surface area contributed by atoms with E-state index >= 15 is 0 Å². The van der Waals surface area contributed by atoms with Crippen LogP contribution in [0.5, 0.6) is 0 Å². The number of aryl methyl sites for hydroxylation is 1. The zero-order chi connectivity index (χ0) is 18.5. The van der Waals surface area contributed by atoms with Crippen molar-refractivity contribution in [3.05, 3.63) is 29.6 Å². The Balaban J connectivity index is 1.39. The van der Waals surface area contributed by atoms with Crippen molar-refractivity contribution in [1.29, 1.82) is 0 Å². The quantitative estimate of drug-likeness (QED) is 0.858. The summed E-state index contributed by atoms with van der Waals surface area (Å²) >= 11 is 0. The molecule has 2 saturated heterocycles. The SMILES string of the molecule is Cc1ccc(NC(=O)CN2CCN(CC(=O)N3CCCC3)CC2)cc1F. The molecule has 0 atom stereocenters. The first kappa shape index (κ1) is 18.8. The number of hydrogen-bond acceptors (Lipinski definition) is 4. The van der Waals surface area contributed by atoms with Gasteiger partial charge < -0.3 is 10.2 Å². The fourth-order valence-electron chi connectivity index (χ4n) is 3.44. The van der Waals surface area contributed by atoms with Crippen molar-refractivity contribution in [1.82, 2.24) is 14.7 Å². The average molecular weight is 362 g/mol. The van der Waals surface area contributed by atoms with Crippen LogP contribution in [-0.2, 0) is 9.59 Å². The minimum absolute atomic E-state index is 0.144. The number of carbonyl (C=O) groups excluding carboxylic acids is 2. The van der Waals surface area contributed by atoms with Crippen LogP contribution in [-0.4, -0.2) is 78.9 Å². The van der Waals surface area contributed by atoms with Gasteiger partial charge in [0.15, 0.2) is 0 Å². The van der Waals surface area contributed by atoms with Gasteiger partial charge in [0, 0.05) is 45.0 Å². The molecule has 2 fully saturated rings. The predicted octanol–water partition coefficient (Wildman–Crippen LogP) is 1.31. The number of hydrogen-bond donors (Lipinski definition) is 1. The summed E-state index contributed by atoms with van der Waals surface area (Å²) in [5.41, 5.74) is 1.04. The molecule has 7 heteroatoms. The van der Waals surface area contributed by atoms with E-state index in [1.54, 1.807) is 19.1 Å². The number of amides is 2. The first-order valence-electron chi connectivity index (χ1n) is 9.30. The molecule has 0 aliphatic carbocycles. The van der Waals surface area contributed by atoms with Crippen LogP contribution < -0.4 is 5.32 Å². The Labute approximate surface area is 153 Å². The fraction of sp³-hybridized carbons (Fsp3) is 0.579. The van der Waals surface area contributed by atoms with E-state index in [9.17, 15) is 14.0 Å². The van der Waals surface area contributed by atoms with Gasteiger partial charge in [0.05, 0.1) is 13.1 Å². The predicted molar refractivity (Wildman–Crippen MR) is 98.5 cm³/mol. The van der Waals surface area contributed by atoms with E-state index in [2.05, 4.69) is 15.1 Å². The average Bonchev–Trinajstić information content (AvgIpc) is 3.15. The van der Waals surface area contributed by atoms with Crippen LogP contribution in [0.25, 0.3) is 0 Å². The van der Waals surface area contributed by atoms with Crippen LogP contribution in [0.4, 0.5) is 10.1 Å². The largest absolute Gasteiger partial charge is 0.342 e. The van der Waals surface area contributed by atoms with Gasteiger partial charge in [-0.25, -0.2) is 4.39 Å². The number of anilines is 1. The molecular formula is C19H27FN4O2. The van der Waals surface area contributed by atoms with Crippen molar-refractivity contribution in [2.24, 2.45) is 0 Å². The first-order valence-corrected chi connectivity index (χ1v) is 9.30. The summed E-state index contributed by atoms with van der Waals surface area (Å²) < 4.78 is 13.5. The Hall–Kier alpha value is -1.99. The van der Waals surface area contributed by atoms with Gasteiger partial charge in [-0.3, -0.25) is 19.4 Å². The van der Waals surface area contributed by atoms with Gasteiger partial charge in [-0.2, -0.15) is 0 Å². The maximum Gasteiger partial charge on any atom is 0.238 e. The molecule has 0 unspecified atom stereocenters. The Bertz CT molecular complexity index is 653. The minimum atomic E-state index is -0.320. The highest BCUT2D eigenvalue weighted by Gasteiger charge is 2.24. The maximum absolute atomic E-state index is 13.5. The van der Waals surface area contributed by atoms with Crippen LogP contribution in [0.3, 0.4) is 0 Å². The Morgan fingerprint density at radius 2 is 1.62 bits per heavy atom. The summed E-state index contributed by atoms with van der Waals surface area (Å²) in [6.07, 6.45) is 2.22. The fourth-order valence-corrected chi connectivity index (χ4v) is 3.44. The van der Waals surface area contributed by atoms with E-state index in [1.807, 2.05) is 4.90 Å². The second-order valence-corrected chi connectivity index (χ2v) is 7.15. The molecule has 0 radical (unpaired) electrons. The molecule has 2 aliphatic heterocycles. The number of rotatable bonds is 5. The molecule has 26 heavy (non-hydrogen) atoms. The van der Waals surface area contributed by atoms with Crippen molar-refractivity contribution in [2.75, 3.05) is 57.7 Å². The highest BCUT2D eigenvalue weighted by atomic mass is 19.1. The van der Waals surface area contributed by atoms with E-state index in [-0.39, 0.29) is 24.2 Å². The van der Waals surface area contributed by atoms with E-state index in [1.165, 1.54) is 6.07 Å². The lowest BCUT2D eigenvalue weighted by Crippen LogP contribution is -2.51. The van der Waals surface area contributed by atoms with E-state index in [0.717, 1.165) is 52.1 Å². The van der Waals surface area contributed by atoms with E-state index in [0.29, 0.717) is 17.8 Å². The molecule has 0 saturated carbocycles. The van der Waals surface area contributed by atoms with Crippen molar-refractivity contribution in [2.45, 2.75) is 19.8 Å². The van der Waals surface area contributed by atoms with Gasteiger partial charge >= 0.3 is 0 Å². The molecule has 142 valence electrons. The zero-order valence-corrected chi connectivity index (χ0v) is 15.3.